The lowest BCUT2D eigenvalue weighted by atomic mass is 9.98. The molecular formula is C8H16Cl2N2. The minimum Gasteiger partial charge on any atom is -0.311 e. The highest BCUT2D eigenvalue weighted by Crippen LogP contribution is 2.19. The maximum absolute atomic E-state index is 3.49. The van der Waals surface area contributed by atoms with Gasteiger partial charge in [0.15, 0.2) is 0 Å². The van der Waals surface area contributed by atoms with Gasteiger partial charge in [0.05, 0.1) is 0 Å². The van der Waals surface area contributed by atoms with E-state index in [1.807, 2.05) is 0 Å². The molecule has 0 aromatic carbocycles. The van der Waals surface area contributed by atoms with Crippen molar-refractivity contribution >= 4 is 24.8 Å². The van der Waals surface area contributed by atoms with Crippen molar-refractivity contribution in [3.05, 3.63) is 11.1 Å². The van der Waals surface area contributed by atoms with E-state index in [0.29, 0.717) is 6.04 Å². The van der Waals surface area contributed by atoms with Gasteiger partial charge in [-0.2, -0.15) is 0 Å². The zero-order valence-electron chi connectivity index (χ0n) is 7.22. The standard InChI is InChI=1S/C8H14N2.2ClH/c1-6-2-3-10-8-5-9-4-7(6)8;;/h8-10H,2-5H2,1H3;2*1H/t8-;;/m0../s1. The van der Waals surface area contributed by atoms with Crippen LogP contribution in [0, 0.1) is 0 Å². The van der Waals surface area contributed by atoms with E-state index in [4.69, 9.17) is 0 Å². The van der Waals surface area contributed by atoms with Gasteiger partial charge in [-0.3, -0.25) is 0 Å². The third-order valence-corrected chi connectivity index (χ3v) is 2.52. The topological polar surface area (TPSA) is 24.1 Å². The van der Waals surface area contributed by atoms with Gasteiger partial charge < -0.3 is 10.6 Å². The van der Waals surface area contributed by atoms with E-state index in [0.717, 1.165) is 13.1 Å². The molecule has 1 atom stereocenters. The SMILES string of the molecule is CC1=C2CNC[C@@H]2NCC1.Cl.Cl. The fourth-order valence-corrected chi connectivity index (χ4v) is 1.84. The molecule has 0 amide bonds. The van der Waals surface area contributed by atoms with E-state index in [-0.39, 0.29) is 24.8 Å². The molecule has 2 aliphatic rings. The second-order valence-corrected chi connectivity index (χ2v) is 3.19. The molecule has 0 unspecified atom stereocenters. The van der Waals surface area contributed by atoms with E-state index in [1.54, 1.807) is 11.1 Å². The Labute approximate surface area is 86.0 Å². The highest BCUT2D eigenvalue weighted by atomic mass is 35.5. The Balaban J connectivity index is 0.000000605. The van der Waals surface area contributed by atoms with Gasteiger partial charge in [-0.1, -0.05) is 5.57 Å². The summed E-state index contributed by atoms with van der Waals surface area (Å²) in [4.78, 5) is 0. The van der Waals surface area contributed by atoms with Crippen LogP contribution in [0.5, 0.6) is 0 Å². The van der Waals surface area contributed by atoms with Crippen LogP contribution in [-0.4, -0.2) is 25.7 Å². The Bertz CT molecular complexity index is 180. The molecule has 0 saturated carbocycles. The maximum atomic E-state index is 3.49. The average Bonchev–Trinajstić information content (AvgIpc) is 2.36. The molecule has 2 N–H and O–H groups in total. The van der Waals surface area contributed by atoms with Crippen LogP contribution in [-0.2, 0) is 0 Å². The average molecular weight is 211 g/mol. The highest BCUT2D eigenvalue weighted by Gasteiger charge is 2.24. The Hall–Kier alpha value is 0.240. The van der Waals surface area contributed by atoms with Crippen LogP contribution < -0.4 is 10.6 Å². The first-order chi connectivity index (χ1) is 4.88. The predicted octanol–water partition coefficient (Wildman–Crippen LogP) is 1.11. The number of halogens is 2. The third kappa shape index (κ3) is 2.13. The summed E-state index contributed by atoms with van der Waals surface area (Å²) in [7, 11) is 0. The highest BCUT2D eigenvalue weighted by molar-refractivity contribution is 5.85. The molecule has 0 aliphatic carbocycles. The molecule has 0 spiro atoms. The first-order valence-corrected chi connectivity index (χ1v) is 4.00. The van der Waals surface area contributed by atoms with Gasteiger partial charge in [0.2, 0.25) is 0 Å². The van der Waals surface area contributed by atoms with Crippen LogP contribution in [0.2, 0.25) is 0 Å². The summed E-state index contributed by atoms with van der Waals surface area (Å²) < 4.78 is 0. The third-order valence-electron chi connectivity index (χ3n) is 2.52. The number of rotatable bonds is 0. The monoisotopic (exact) mass is 210 g/mol. The first kappa shape index (κ1) is 12.2. The summed E-state index contributed by atoms with van der Waals surface area (Å²) in [5.41, 5.74) is 3.22. The summed E-state index contributed by atoms with van der Waals surface area (Å²) >= 11 is 0. The van der Waals surface area contributed by atoms with E-state index in [9.17, 15) is 0 Å². The molecule has 2 heterocycles. The van der Waals surface area contributed by atoms with Crippen molar-refractivity contribution in [3.8, 4) is 0 Å². The van der Waals surface area contributed by atoms with Crippen molar-refractivity contribution < 1.29 is 0 Å². The molecule has 0 radical (unpaired) electrons. The van der Waals surface area contributed by atoms with Crippen LogP contribution in [0.3, 0.4) is 0 Å². The van der Waals surface area contributed by atoms with Gasteiger partial charge in [0, 0.05) is 19.1 Å². The smallest absolute Gasteiger partial charge is 0.0421 e. The van der Waals surface area contributed by atoms with Crippen molar-refractivity contribution in [2.24, 2.45) is 0 Å². The zero-order chi connectivity index (χ0) is 6.97. The number of hydrogen-bond acceptors (Lipinski definition) is 2. The fraction of sp³-hybridized carbons (Fsp3) is 0.750. The molecule has 2 nitrogen and oxygen atoms in total. The minimum atomic E-state index is 0. The molecule has 2 rings (SSSR count). The van der Waals surface area contributed by atoms with E-state index >= 15 is 0 Å². The van der Waals surface area contributed by atoms with Crippen LogP contribution in [0.1, 0.15) is 13.3 Å². The quantitative estimate of drug-likeness (QED) is 0.586. The second-order valence-electron chi connectivity index (χ2n) is 3.19. The molecule has 0 bridgehead atoms. The molecule has 0 aromatic heterocycles. The molecule has 72 valence electrons. The van der Waals surface area contributed by atoms with Gasteiger partial charge in [-0.15, -0.1) is 24.8 Å². The normalized spacial score (nSPS) is 27.2. The Kier molecular flexibility index (Phi) is 5.18. The van der Waals surface area contributed by atoms with E-state index in [1.165, 1.54) is 13.0 Å². The summed E-state index contributed by atoms with van der Waals surface area (Å²) in [6, 6.07) is 0.661. The minimum absolute atomic E-state index is 0. The van der Waals surface area contributed by atoms with Gasteiger partial charge in [-0.05, 0) is 25.5 Å². The van der Waals surface area contributed by atoms with Gasteiger partial charge in [0.1, 0.15) is 0 Å². The first-order valence-electron chi connectivity index (χ1n) is 4.00. The molecule has 2 aliphatic heterocycles. The lowest BCUT2D eigenvalue weighted by Crippen LogP contribution is -2.36. The van der Waals surface area contributed by atoms with Crippen molar-refractivity contribution in [1.82, 2.24) is 10.6 Å². The molecule has 4 heteroatoms. The maximum Gasteiger partial charge on any atom is 0.0421 e. The second kappa shape index (κ2) is 5.07. The summed E-state index contributed by atoms with van der Waals surface area (Å²) in [5, 5.41) is 6.87. The van der Waals surface area contributed by atoms with E-state index in [2.05, 4.69) is 17.6 Å². The van der Waals surface area contributed by atoms with Gasteiger partial charge >= 0.3 is 0 Å². The zero-order valence-corrected chi connectivity index (χ0v) is 8.86. The largest absolute Gasteiger partial charge is 0.311 e. The van der Waals surface area contributed by atoms with Crippen LogP contribution in [0.15, 0.2) is 11.1 Å². The Morgan fingerprint density at radius 3 is 2.75 bits per heavy atom. The lowest BCUT2D eigenvalue weighted by molar-refractivity contribution is 0.566. The van der Waals surface area contributed by atoms with Gasteiger partial charge in [0.25, 0.3) is 0 Å². The summed E-state index contributed by atoms with van der Waals surface area (Å²) in [6.45, 7) is 5.67. The van der Waals surface area contributed by atoms with Crippen LogP contribution in [0.4, 0.5) is 0 Å². The van der Waals surface area contributed by atoms with Gasteiger partial charge in [-0.25, -0.2) is 0 Å². The number of hydrogen-bond donors (Lipinski definition) is 2. The number of fused-ring (bicyclic) bond motifs is 1. The van der Waals surface area contributed by atoms with Crippen LogP contribution >= 0.6 is 24.8 Å². The van der Waals surface area contributed by atoms with Crippen molar-refractivity contribution in [2.75, 3.05) is 19.6 Å². The van der Waals surface area contributed by atoms with E-state index < -0.39 is 0 Å². The van der Waals surface area contributed by atoms with Crippen molar-refractivity contribution in [1.29, 1.82) is 0 Å². The summed E-state index contributed by atoms with van der Waals surface area (Å²) in [5.74, 6) is 0. The Morgan fingerprint density at radius 2 is 2.08 bits per heavy atom. The fourth-order valence-electron chi connectivity index (χ4n) is 1.84. The lowest BCUT2D eigenvalue weighted by Gasteiger charge is -2.21. The molecule has 0 aromatic rings. The molecular weight excluding hydrogens is 195 g/mol. The molecule has 12 heavy (non-hydrogen) atoms. The van der Waals surface area contributed by atoms with Crippen molar-refractivity contribution in [3.63, 3.8) is 0 Å². The molecule has 1 saturated heterocycles. The molecule has 1 fully saturated rings. The van der Waals surface area contributed by atoms with Crippen LogP contribution in [0.25, 0.3) is 0 Å². The Morgan fingerprint density at radius 1 is 1.33 bits per heavy atom. The predicted molar refractivity (Wildman–Crippen MR) is 56.5 cm³/mol. The van der Waals surface area contributed by atoms with Crippen molar-refractivity contribution in [2.45, 2.75) is 19.4 Å². The number of nitrogens with one attached hydrogen (secondary N) is 2. The summed E-state index contributed by atoms with van der Waals surface area (Å²) in [6.07, 6.45) is 1.24.